The first kappa shape index (κ1) is 46.1. The van der Waals surface area contributed by atoms with Crippen LogP contribution in [0.3, 0.4) is 0 Å². The van der Waals surface area contributed by atoms with E-state index in [4.69, 9.17) is 9.15 Å². The Morgan fingerprint density at radius 3 is 2.19 bits per heavy atom. The second-order valence-electron chi connectivity index (χ2n) is 13.3. The second kappa shape index (κ2) is 25.1. The molecule has 1 aliphatic rings. The number of carbonyl (C=O) groups excluding carboxylic acids is 2. The van der Waals surface area contributed by atoms with Crippen LogP contribution in [0.2, 0.25) is 0 Å². The third-order valence-corrected chi connectivity index (χ3v) is 8.62. The number of hydrogen-bond acceptors (Lipinski definition) is 8. The zero-order valence-electron chi connectivity index (χ0n) is 35.6. The molecule has 0 spiro atoms. The summed E-state index contributed by atoms with van der Waals surface area (Å²) in [5, 5.41) is 6.08. The summed E-state index contributed by atoms with van der Waals surface area (Å²) in [6, 6.07) is 33.5. The van der Waals surface area contributed by atoms with Crippen LogP contribution in [0.5, 0.6) is 5.75 Å². The molecule has 3 aromatic carbocycles. The van der Waals surface area contributed by atoms with Gasteiger partial charge in [-0.15, -0.1) is 0 Å². The number of nitrogens with one attached hydrogen (secondary N) is 2. The zero-order valence-corrected chi connectivity index (χ0v) is 35.6. The lowest BCUT2D eigenvalue weighted by atomic mass is 10.0. The van der Waals surface area contributed by atoms with E-state index in [0.717, 1.165) is 71.5 Å². The van der Waals surface area contributed by atoms with Gasteiger partial charge in [0, 0.05) is 65.0 Å². The molecule has 10 nitrogen and oxygen atoms in total. The number of carbonyl (C=O) groups is 2. The number of benzene rings is 3. The van der Waals surface area contributed by atoms with Crippen molar-refractivity contribution in [1.29, 1.82) is 0 Å². The van der Waals surface area contributed by atoms with E-state index < -0.39 is 0 Å². The smallest absolute Gasteiger partial charge is 0.226 e. The Labute approximate surface area is 348 Å². The molecule has 0 saturated carbocycles. The lowest BCUT2D eigenvalue weighted by Gasteiger charge is -2.29. The molecule has 0 atom stereocenters. The number of methoxy groups -OCH3 is 1. The van der Waals surface area contributed by atoms with Gasteiger partial charge in [0.2, 0.25) is 11.8 Å². The first-order valence-electron chi connectivity index (χ1n) is 20.0. The quantitative estimate of drug-likeness (QED) is 0.156. The van der Waals surface area contributed by atoms with E-state index in [0.29, 0.717) is 18.8 Å². The molecule has 0 radical (unpaired) electrons. The molecule has 2 N–H and O–H groups in total. The summed E-state index contributed by atoms with van der Waals surface area (Å²) >= 11 is 0. The minimum absolute atomic E-state index is 0. The van der Waals surface area contributed by atoms with Crippen molar-refractivity contribution < 1.29 is 21.6 Å². The summed E-state index contributed by atoms with van der Waals surface area (Å²) in [7, 11) is 1.67. The van der Waals surface area contributed by atoms with Gasteiger partial charge in [-0.25, -0.2) is 9.97 Å². The van der Waals surface area contributed by atoms with Gasteiger partial charge in [-0.1, -0.05) is 81.3 Å². The van der Waals surface area contributed by atoms with Crippen molar-refractivity contribution in [2.45, 2.75) is 87.6 Å². The molecule has 310 valence electrons. The van der Waals surface area contributed by atoms with Gasteiger partial charge in [0.25, 0.3) is 0 Å². The van der Waals surface area contributed by atoms with Crippen molar-refractivity contribution in [3.63, 3.8) is 0 Å². The molecule has 0 fully saturated rings. The number of nitrogens with zero attached hydrogens (tertiary/aromatic N) is 4. The minimum atomic E-state index is -0.0865. The summed E-state index contributed by atoms with van der Waals surface area (Å²) < 4.78 is 10.2. The summed E-state index contributed by atoms with van der Waals surface area (Å²) in [5.41, 5.74) is 8.35. The van der Waals surface area contributed by atoms with Crippen LogP contribution in [-0.2, 0) is 29.0 Å². The molecular weight excluding hydrogens is 725 g/mol. The fourth-order valence-electron chi connectivity index (χ4n) is 5.72. The second-order valence-corrected chi connectivity index (χ2v) is 13.3. The van der Waals surface area contributed by atoms with E-state index in [-0.39, 0.29) is 14.7 Å². The number of ether oxygens (including phenoxy) is 1. The Bertz CT molecular complexity index is 2090. The molecule has 10 heteroatoms. The van der Waals surface area contributed by atoms with Crippen LogP contribution in [-0.4, -0.2) is 40.4 Å². The molecule has 1 aliphatic heterocycles. The van der Waals surface area contributed by atoms with E-state index in [1.807, 2.05) is 111 Å². The average molecular weight is 789 g/mol. The van der Waals surface area contributed by atoms with E-state index >= 15 is 0 Å². The molecule has 58 heavy (non-hydrogen) atoms. The lowest BCUT2D eigenvalue weighted by molar-refractivity contribution is -0.118. The number of rotatable bonds is 8. The molecule has 0 unspecified atom stereocenters. The van der Waals surface area contributed by atoms with Crippen LogP contribution in [0.15, 0.2) is 120 Å². The predicted molar refractivity (Wildman–Crippen MR) is 242 cm³/mol. The van der Waals surface area contributed by atoms with Crippen molar-refractivity contribution >= 4 is 29.0 Å². The Morgan fingerprint density at radius 1 is 0.862 bits per heavy atom. The van der Waals surface area contributed by atoms with Crippen molar-refractivity contribution in [3.05, 3.63) is 149 Å². The number of fused-ring (bicyclic) bond motifs is 1. The highest BCUT2D eigenvalue weighted by atomic mass is 16.5. The third-order valence-electron chi connectivity index (χ3n) is 8.62. The van der Waals surface area contributed by atoms with Crippen LogP contribution in [0.25, 0.3) is 11.5 Å². The SMILES string of the molecule is CC.CC(=O)Nc1cccc(CNc2cc(C)nc(-c3ccccn3)n2)c1.CCC(=O)N1CCCc2cc(OC)ccc21.CCc1ccco1.Cc1ccc(C)cc1.[HH].[HH]. The molecule has 0 aliphatic carbocycles. The molecule has 4 heterocycles. The van der Waals surface area contributed by atoms with Crippen LogP contribution < -0.4 is 20.3 Å². The molecule has 7 rings (SSSR count). The summed E-state index contributed by atoms with van der Waals surface area (Å²) in [4.78, 5) is 38.1. The number of pyridine rings is 1. The Morgan fingerprint density at radius 2 is 1.60 bits per heavy atom. The number of anilines is 3. The van der Waals surface area contributed by atoms with E-state index in [1.54, 1.807) is 19.6 Å². The number of aromatic nitrogens is 3. The van der Waals surface area contributed by atoms with Crippen LogP contribution in [0.1, 0.15) is 84.0 Å². The fourth-order valence-corrected chi connectivity index (χ4v) is 5.72. The van der Waals surface area contributed by atoms with Gasteiger partial charge in [-0.3, -0.25) is 14.6 Å². The Kier molecular flexibility index (Phi) is 19.9. The van der Waals surface area contributed by atoms with Crippen molar-refractivity contribution in [3.8, 4) is 17.3 Å². The monoisotopic (exact) mass is 788 g/mol. The molecule has 0 bridgehead atoms. The van der Waals surface area contributed by atoms with Crippen LogP contribution in [0, 0.1) is 20.8 Å². The Balaban J connectivity index is 0.000000438. The topological polar surface area (TPSA) is 122 Å². The van der Waals surface area contributed by atoms with Gasteiger partial charge in [-0.2, -0.15) is 0 Å². The Hall–Kier alpha value is -6.29. The lowest BCUT2D eigenvalue weighted by Crippen LogP contribution is -2.34. The number of hydrogen-bond donors (Lipinski definition) is 2. The maximum absolute atomic E-state index is 11.8. The number of aryl methyl sites for hydroxylation is 5. The fraction of sp³-hybridized carbons (Fsp3) is 0.312. The van der Waals surface area contributed by atoms with Gasteiger partial charge >= 0.3 is 0 Å². The normalized spacial score (nSPS) is 10.9. The summed E-state index contributed by atoms with van der Waals surface area (Å²) in [6.07, 6.45) is 7.03. The first-order valence-corrected chi connectivity index (χ1v) is 20.0. The first-order chi connectivity index (χ1) is 28.1. The van der Waals surface area contributed by atoms with Crippen molar-refractivity contribution in [2.75, 3.05) is 29.2 Å². The standard InChI is InChI=1S/C19H19N5O.C13H17NO2.C8H10.C6H8O.C2H6.2H2/c1-13-10-18(24-19(22-13)17-8-3-4-9-20-17)21-12-15-6-5-7-16(11-15)23-14(2)25;1-3-13(15)14-8-4-5-10-9-11(16-2)6-7-12(10)14;1-7-3-5-8(2)6-4-7;1-2-6-4-3-5-7-6;1-2;;/h3-11H,12H2,1-2H3,(H,23,25)(H,21,22,24);6-7,9H,3-5,8H2,1-2H3;3-6H,1-2H3;3-5H,2H2,1H3;1-2H3;2*1H. The molecule has 2 amide bonds. The highest BCUT2D eigenvalue weighted by Gasteiger charge is 2.21. The maximum Gasteiger partial charge on any atom is 0.226 e. The zero-order chi connectivity index (χ0) is 42.3. The van der Waals surface area contributed by atoms with Gasteiger partial charge < -0.3 is 24.7 Å². The maximum atomic E-state index is 11.8. The minimum Gasteiger partial charge on any atom is -0.497 e. The van der Waals surface area contributed by atoms with E-state index in [2.05, 4.69) is 70.6 Å². The van der Waals surface area contributed by atoms with E-state index in [9.17, 15) is 9.59 Å². The van der Waals surface area contributed by atoms with E-state index in [1.165, 1.54) is 23.6 Å². The molecule has 6 aromatic rings. The largest absolute Gasteiger partial charge is 0.497 e. The molecular formula is C48H64N6O4. The summed E-state index contributed by atoms with van der Waals surface area (Å²) in [6.45, 7) is 17.0. The van der Waals surface area contributed by atoms with Crippen LogP contribution in [0.4, 0.5) is 17.2 Å². The highest BCUT2D eigenvalue weighted by Crippen LogP contribution is 2.30. The van der Waals surface area contributed by atoms with Gasteiger partial charge in [-0.05, 0) is 99.3 Å². The van der Waals surface area contributed by atoms with Crippen molar-refractivity contribution in [1.82, 2.24) is 15.0 Å². The highest BCUT2D eigenvalue weighted by molar-refractivity contribution is 5.94. The van der Waals surface area contributed by atoms with Crippen LogP contribution >= 0.6 is 0 Å². The third kappa shape index (κ3) is 15.7. The molecule has 0 saturated heterocycles. The van der Waals surface area contributed by atoms with Gasteiger partial charge in [0.15, 0.2) is 5.82 Å². The van der Waals surface area contributed by atoms with Gasteiger partial charge in [0.05, 0.1) is 13.4 Å². The number of amides is 2. The average Bonchev–Trinajstić information content (AvgIpc) is 3.79. The van der Waals surface area contributed by atoms with Gasteiger partial charge in [0.1, 0.15) is 23.0 Å². The summed E-state index contributed by atoms with van der Waals surface area (Å²) in [5.74, 6) is 3.36. The number of furan rings is 1. The van der Waals surface area contributed by atoms with Crippen molar-refractivity contribution in [2.24, 2.45) is 0 Å². The molecule has 3 aromatic heterocycles. The predicted octanol–water partition coefficient (Wildman–Crippen LogP) is 11.5.